The van der Waals surface area contributed by atoms with E-state index in [4.69, 9.17) is 5.73 Å². The molecule has 0 saturated heterocycles. The highest BCUT2D eigenvalue weighted by Crippen LogP contribution is 2.41. The first-order chi connectivity index (χ1) is 8.28. The summed E-state index contributed by atoms with van der Waals surface area (Å²) in [7, 11) is 0. The van der Waals surface area contributed by atoms with Crippen molar-refractivity contribution in [1.82, 2.24) is 0 Å². The summed E-state index contributed by atoms with van der Waals surface area (Å²) in [6.45, 7) is 3.16. The minimum absolute atomic E-state index is 0.382. The van der Waals surface area contributed by atoms with E-state index in [-0.39, 0.29) is 0 Å². The number of benzene rings is 1. The van der Waals surface area contributed by atoms with E-state index in [9.17, 15) is 0 Å². The van der Waals surface area contributed by atoms with Crippen LogP contribution in [0.5, 0.6) is 0 Å². The highest BCUT2D eigenvalue weighted by molar-refractivity contribution is 5.17. The van der Waals surface area contributed by atoms with Crippen molar-refractivity contribution in [2.45, 2.75) is 45.4 Å². The highest BCUT2D eigenvalue weighted by Gasteiger charge is 2.33. The molecule has 0 aliphatic heterocycles. The Kier molecular flexibility index (Phi) is 4.22. The number of hydrogen-bond acceptors (Lipinski definition) is 1. The summed E-state index contributed by atoms with van der Waals surface area (Å²) in [5.74, 6) is 0.949. The third-order valence-electron chi connectivity index (χ3n) is 4.60. The quantitative estimate of drug-likeness (QED) is 0.838. The molecule has 2 N–H and O–H groups in total. The lowest BCUT2D eigenvalue weighted by atomic mass is 9.67. The standard InChI is InChI=1S/C16H25N/c1-2-14-8-10-16(13-17,11-9-14)12-15-6-4-3-5-7-15/h3-7,14H,2,8-13,17H2,1H3. The Bertz CT molecular complexity index is 323. The van der Waals surface area contributed by atoms with Crippen molar-refractivity contribution < 1.29 is 0 Å². The van der Waals surface area contributed by atoms with Crippen LogP contribution in [-0.2, 0) is 6.42 Å². The van der Waals surface area contributed by atoms with E-state index in [1.165, 1.54) is 44.1 Å². The van der Waals surface area contributed by atoms with Crippen molar-refractivity contribution in [1.29, 1.82) is 0 Å². The van der Waals surface area contributed by atoms with Gasteiger partial charge in [-0.25, -0.2) is 0 Å². The van der Waals surface area contributed by atoms with Crippen LogP contribution < -0.4 is 5.73 Å². The Morgan fingerprint density at radius 2 is 1.82 bits per heavy atom. The summed E-state index contributed by atoms with van der Waals surface area (Å²) in [5, 5.41) is 0. The molecule has 0 aromatic heterocycles. The van der Waals surface area contributed by atoms with E-state index in [1.807, 2.05) is 0 Å². The van der Waals surface area contributed by atoms with Gasteiger partial charge in [0, 0.05) is 0 Å². The van der Waals surface area contributed by atoms with Crippen molar-refractivity contribution in [2.75, 3.05) is 6.54 Å². The lowest BCUT2D eigenvalue weighted by Crippen LogP contribution is -2.36. The van der Waals surface area contributed by atoms with Crippen molar-refractivity contribution in [3.05, 3.63) is 35.9 Å². The maximum absolute atomic E-state index is 6.07. The molecule has 0 amide bonds. The second-order valence-corrected chi connectivity index (χ2v) is 5.72. The van der Waals surface area contributed by atoms with Crippen LogP contribution in [0.1, 0.15) is 44.6 Å². The molecule has 94 valence electrons. The molecule has 0 radical (unpaired) electrons. The van der Waals surface area contributed by atoms with E-state index < -0.39 is 0 Å². The van der Waals surface area contributed by atoms with Gasteiger partial charge in [0.15, 0.2) is 0 Å². The first-order valence-corrected chi connectivity index (χ1v) is 7.02. The summed E-state index contributed by atoms with van der Waals surface area (Å²) in [4.78, 5) is 0. The van der Waals surface area contributed by atoms with Gasteiger partial charge in [0.2, 0.25) is 0 Å². The second-order valence-electron chi connectivity index (χ2n) is 5.72. The lowest BCUT2D eigenvalue weighted by molar-refractivity contribution is 0.153. The molecule has 0 spiro atoms. The molecule has 0 bridgehead atoms. The first kappa shape index (κ1) is 12.6. The van der Waals surface area contributed by atoms with Crippen molar-refractivity contribution in [2.24, 2.45) is 17.1 Å². The third-order valence-corrected chi connectivity index (χ3v) is 4.60. The zero-order chi connectivity index (χ0) is 12.1. The molecule has 0 unspecified atom stereocenters. The molecule has 1 aromatic carbocycles. The van der Waals surface area contributed by atoms with E-state index in [0.717, 1.165) is 12.5 Å². The Labute approximate surface area is 105 Å². The molecule has 0 heterocycles. The number of rotatable bonds is 4. The average molecular weight is 231 g/mol. The van der Waals surface area contributed by atoms with E-state index in [2.05, 4.69) is 37.3 Å². The van der Waals surface area contributed by atoms with Gasteiger partial charge in [-0.2, -0.15) is 0 Å². The van der Waals surface area contributed by atoms with Gasteiger partial charge in [-0.05, 0) is 55.5 Å². The molecule has 1 heteroatoms. The van der Waals surface area contributed by atoms with Crippen molar-refractivity contribution in [3.63, 3.8) is 0 Å². The van der Waals surface area contributed by atoms with Gasteiger partial charge in [0.05, 0.1) is 0 Å². The molecule has 1 aliphatic rings. The Morgan fingerprint density at radius 3 is 2.35 bits per heavy atom. The van der Waals surface area contributed by atoms with Gasteiger partial charge in [-0.1, -0.05) is 43.7 Å². The monoisotopic (exact) mass is 231 g/mol. The fourth-order valence-corrected chi connectivity index (χ4v) is 3.18. The Hall–Kier alpha value is -0.820. The maximum atomic E-state index is 6.07. The molecule has 1 aromatic rings. The fourth-order valence-electron chi connectivity index (χ4n) is 3.18. The van der Waals surface area contributed by atoms with Crippen molar-refractivity contribution >= 4 is 0 Å². The summed E-state index contributed by atoms with van der Waals surface area (Å²) < 4.78 is 0. The van der Waals surface area contributed by atoms with Crippen LogP contribution in [0.4, 0.5) is 0 Å². The van der Waals surface area contributed by atoms with Crippen LogP contribution in [0.25, 0.3) is 0 Å². The molecular weight excluding hydrogens is 206 g/mol. The molecule has 17 heavy (non-hydrogen) atoms. The topological polar surface area (TPSA) is 26.0 Å². The second kappa shape index (κ2) is 5.68. The van der Waals surface area contributed by atoms with Crippen LogP contribution in [-0.4, -0.2) is 6.54 Å². The molecule has 1 saturated carbocycles. The molecule has 0 atom stereocenters. The summed E-state index contributed by atoms with van der Waals surface area (Å²) in [6, 6.07) is 10.8. The SMILES string of the molecule is CCC1CCC(CN)(Cc2ccccc2)CC1. The summed E-state index contributed by atoms with van der Waals surface area (Å²) in [5.41, 5.74) is 7.91. The molecule has 1 fully saturated rings. The summed E-state index contributed by atoms with van der Waals surface area (Å²) in [6.07, 6.45) is 7.89. The molecule has 1 nitrogen and oxygen atoms in total. The van der Waals surface area contributed by atoms with E-state index >= 15 is 0 Å². The van der Waals surface area contributed by atoms with Gasteiger partial charge in [-0.3, -0.25) is 0 Å². The third kappa shape index (κ3) is 3.10. The minimum Gasteiger partial charge on any atom is -0.330 e. The number of nitrogens with two attached hydrogens (primary N) is 1. The Morgan fingerprint density at radius 1 is 1.18 bits per heavy atom. The van der Waals surface area contributed by atoms with Gasteiger partial charge in [0.25, 0.3) is 0 Å². The summed E-state index contributed by atoms with van der Waals surface area (Å²) >= 11 is 0. The van der Waals surface area contributed by atoms with Gasteiger partial charge in [-0.15, -0.1) is 0 Å². The predicted octanol–water partition coefficient (Wildman–Crippen LogP) is 3.77. The first-order valence-electron chi connectivity index (χ1n) is 7.02. The fraction of sp³-hybridized carbons (Fsp3) is 0.625. The largest absolute Gasteiger partial charge is 0.330 e. The van der Waals surface area contributed by atoms with Crippen LogP contribution in [0.3, 0.4) is 0 Å². The van der Waals surface area contributed by atoms with Crippen LogP contribution in [0, 0.1) is 11.3 Å². The van der Waals surface area contributed by atoms with E-state index in [1.54, 1.807) is 0 Å². The van der Waals surface area contributed by atoms with E-state index in [0.29, 0.717) is 5.41 Å². The van der Waals surface area contributed by atoms with Crippen LogP contribution >= 0.6 is 0 Å². The molecular formula is C16H25N. The lowest BCUT2D eigenvalue weighted by Gasteiger charge is -2.39. The highest BCUT2D eigenvalue weighted by atomic mass is 14.6. The zero-order valence-corrected chi connectivity index (χ0v) is 11.0. The maximum Gasteiger partial charge on any atom is -0.00173 e. The van der Waals surface area contributed by atoms with Crippen molar-refractivity contribution in [3.8, 4) is 0 Å². The van der Waals surface area contributed by atoms with Gasteiger partial charge in [0.1, 0.15) is 0 Å². The minimum atomic E-state index is 0.382. The van der Waals surface area contributed by atoms with Gasteiger partial charge < -0.3 is 5.73 Å². The average Bonchev–Trinajstić information content (AvgIpc) is 2.41. The smallest absolute Gasteiger partial charge is 0.00173 e. The zero-order valence-electron chi connectivity index (χ0n) is 11.0. The van der Waals surface area contributed by atoms with Crippen LogP contribution in [0.15, 0.2) is 30.3 Å². The molecule has 1 aliphatic carbocycles. The predicted molar refractivity (Wildman–Crippen MR) is 73.9 cm³/mol. The molecule has 2 rings (SSSR count). The Balaban J connectivity index is 2.01. The van der Waals surface area contributed by atoms with Crippen LogP contribution in [0.2, 0.25) is 0 Å². The normalized spacial score (nSPS) is 29.2. The van der Waals surface area contributed by atoms with Gasteiger partial charge >= 0.3 is 0 Å². The number of hydrogen-bond donors (Lipinski definition) is 1.